The highest BCUT2D eigenvalue weighted by molar-refractivity contribution is 7.92. The van der Waals surface area contributed by atoms with Crippen LogP contribution in [-0.4, -0.2) is 44.3 Å². The first-order valence-electron chi connectivity index (χ1n) is 15.4. The van der Waals surface area contributed by atoms with E-state index in [9.17, 15) is 18.0 Å². The fourth-order valence-corrected chi connectivity index (χ4v) is 6.71. The second kappa shape index (κ2) is 15.4. The Morgan fingerprint density at radius 1 is 0.804 bits per heavy atom. The van der Waals surface area contributed by atoms with Gasteiger partial charge < -0.3 is 10.2 Å². The summed E-state index contributed by atoms with van der Waals surface area (Å²) in [4.78, 5) is 30.1. The molecule has 1 N–H and O–H groups in total. The Kier molecular flexibility index (Phi) is 11.7. The molecule has 0 saturated heterocycles. The minimum Gasteiger partial charge on any atom is -0.354 e. The Morgan fingerprint density at radius 2 is 1.41 bits per heavy atom. The lowest BCUT2D eigenvalue weighted by Crippen LogP contribution is -2.53. The first-order chi connectivity index (χ1) is 21.8. The zero-order valence-electron chi connectivity index (χ0n) is 27.0. The molecule has 0 aliphatic carbocycles. The predicted molar refractivity (Wildman–Crippen MR) is 185 cm³/mol. The third-order valence-electron chi connectivity index (χ3n) is 7.76. The van der Waals surface area contributed by atoms with Crippen LogP contribution in [0.2, 0.25) is 5.02 Å². The number of hydrogen-bond donors (Lipinski definition) is 1. The van der Waals surface area contributed by atoms with E-state index in [4.69, 9.17) is 11.6 Å². The quantitative estimate of drug-likeness (QED) is 0.170. The van der Waals surface area contributed by atoms with E-state index in [0.717, 1.165) is 26.6 Å². The number of anilines is 1. The Morgan fingerprint density at radius 3 is 2.02 bits per heavy atom. The van der Waals surface area contributed by atoms with Crippen LogP contribution < -0.4 is 9.62 Å². The smallest absolute Gasteiger partial charge is 0.264 e. The molecule has 0 saturated carbocycles. The zero-order chi connectivity index (χ0) is 33.4. The van der Waals surface area contributed by atoms with Gasteiger partial charge in [-0.3, -0.25) is 13.9 Å². The summed E-state index contributed by atoms with van der Waals surface area (Å²) in [5, 5.41) is 3.35. The number of carbonyl (C=O) groups is 2. The van der Waals surface area contributed by atoms with E-state index in [0.29, 0.717) is 22.8 Å². The van der Waals surface area contributed by atoms with Gasteiger partial charge in [0.25, 0.3) is 10.0 Å². The van der Waals surface area contributed by atoms with Gasteiger partial charge in [0.2, 0.25) is 11.8 Å². The maximum absolute atomic E-state index is 14.6. The topological polar surface area (TPSA) is 86.8 Å². The number of halogens is 1. The van der Waals surface area contributed by atoms with Gasteiger partial charge in [0.05, 0.1) is 10.6 Å². The summed E-state index contributed by atoms with van der Waals surface area (Å²) in [5.41, 5.74) is 4.59. The highest BCUT2D eigenvalue weighted by Gasteiger charge is 2.35. The molecular weight excluding hydrogens is 618 g/mol. The first kappa shape index (κ1) is 34.7. The highest BCUT2D eigenvalue weighted by Crippen LogP contribution is 2.30. The van der Waals surface area contributed by atoms with Crippen molar-refractivity contribution in [3.05, 3.63) is 130 Å². The molecule has 0 fully saturated rings. The lowest BCUT2D eigenvalue weighted by molar-refractivity contribution is -0.140. The summed E-state index contributed by atoms with van der Waals surface area (Å²) in [6, 6.07) is 27.8. The van der Waals surface area contributed by atoms with Crippen molar-refractivity contribution in [2.45, 2.75) is 58.5 Å². The second-order valence-corrected chi connectivity index (χ2v) is 14.4. The molecule has 2 amide bonds. The number of sulfonamides is 1. The molecule has 0 unspecified atom stereocenters. The summed E-state index contributed by atoms with van der Waals surface area (Å²) in [6.45, 7) is 9.64. The number of aryl methyl sites for hydroxylation is 3. The average Bonchev–Trinajstić information content (AvgIpc) is 3.03. The predicted octanol–water partition coefficient (Wildman–Crippen LogP) is 6.87. The average molecular weight is 660 g/mol. The van der Waals surface area contributed by atoms with Crippen LogP contribution >= 0.6 is 11.6 Å². The molecule has 0 heterocycles. The molecule has 7 nitrogen and oxygen atoms in total. The fourth-order valence-electron chi connectivity index (χ4n) is 5.07. The van der Waals surface area contributed by atoms with Crippen molar-refractivity contribution in [1.29, 1.82) is 0 Å². The third-order valence-corrected chi connectivity index (χ3v) is 9.77. The van der Waals surface area contributed by atoms with Crippen molar-refractivity contribution in [2.75, 3.05) is 17.4 Å². The fraction of sp³-hybridized carbons (Fsp3) is 0.297. The first-order valence-corrected chi connectivity index (χ1v) is 17.2. The molecule has 0 spiro atoms. The molecule has 4 aromatic carbocycles. The molecule has 4 rings (SSSR count). The number of rotatable bonds is 13. The van der Waals surface area contributed by atoms with Crippen molar-refractivity contribution in [2.24, 2.45) is 5.92 Å². The largest absolute Gasteiger partial charge is 0.354 e. The zero-order valence-corrected chi connectivity index (χ0v) is 28.6. The van der Waals surface area contributed by atoms with E-state index in [2.05, 4.69) is 5.32 Å². The van der Waals surface area contributed by atoms with Crippen molar-refractivity contribution in [3.63, 3.8) is 0 Å². The summed E-state index contributed by atoms with van der Waals surface area (Å²) in [6.07, 6.45) is 0.253. The lowest BCUT2D eigenvalue weighted by Gasteiger charge is -2.34. The highest BCUT2D eigenvalue weighted by atomic mass is 35.5. The molecule has 0 radical (unpaired) electrons. The number of amides is 2. The molecule has 4 aromatic rings. The van der Waals surface area contributed by atoms with Crippen LogP contribution in [0.15, 0.2) is 102 Å². The van der Waals surface area contributed by atoms with Crippen molar-refractivity contribution >= 4 is 39.1 Å². The molecule has 242 valence electrons. The van der Waals surface area contributed by atoms with E-state index in [1.54, 1.807) is 37.3 Å². The van der Waals surface area contributed by atoms with Crippen LogP contribution in [0.5, 0.6) is 0 Å². The molecule has 9 heteroatoms. The standard InChI is InChI=1S/C37H42ClN3O4S/c1-26(2)23-39-37(43)35(21-30-9-7-6-8-10-30)40(24-31-16-11-27(3)12-17-31)36(42)25-41(34-22-32(38)18-15-29(34)5)46(44,45)33-19-13-28(4)14-20-33/h6-20,22,26,35H,21,23-25H2,1-5H3,(H,39,43)/t35-/m1/s1. The van der Waals surface area contributed by atoms with Crippen LogP contribution in [0.3, 0.4) is 0 Å². The van der Waals surface area contributed by atoms with Gasteiger partial charge in [-0.25, -0.2) is 8.42 Å². The Bertz CT molecular complexity index is 1740. The number of benzene rings is 4. The monoisotopic (exact) mass is 659 g/mol. The van der Waals surface area contributed by atoms with Gasteiger partial charge in [0.1, 0.15) is 12.6 Å². The van der Waals surface area contributed by atoms with E-state index in [1.807, 2.05) is 82.3 Å². The van der Waals surface area contributed by atoms with Gasteiger partial charge in [-0.15, -0.1) is 0 Å². The Labute approximate surface area is 278 Å². The lowest BCUT2D eigenvalue weighted by atomic mass is 10.0. The summed E-state index contributed by atoms with van der Waals surface area (Å²) in [7, 11) is -4.22. The number of nitrogens with zero attached hydrogens (tertiary/aromatic N) is 2. The van der Waals surface area contributed by atoms with Gasteiger partial charge in [0, 0.05) is 24.5 Å². The second-order valence-electron chi connectivity index (χ2n) is 12.1. The van der Waals surface area contributed by atoms with Gasteiger partial charge in [-0.1, -0.05) is 109 Å². The van der Waals surface area contributed by atoms with Crippen LogP contribution in [-0.2, 0) is 32.6 Å². The van der Waals surface area contributed by atoms with Crippen molar-refractivity contribution in [1.82, 2.24) is 10.2 Å². The van der Waals surface area contributed by atoms with E-state index in [1.165, 1.54) is 17.0 Å². The SMILES string of the molecule is Cc1ccc(CN(C(=O)CN(c2cc(Cl)ccc2C)S(=O)(=O)c2ccc(C)cc2)[C@H](Cc2ccccc2)C(=O)NCC(C)C)cc1. The van der Waals surface area contributed by atoms with Crippen molar-refractivity contribution < 1.29 is 18.0 Å². The molecule has 1 atom stereocenters. The van der Waals surface area contributed by atoms with Crippen LogP contribution in [0.4, 0.5) is 5.69 Å². The molecule has 46 heavy (non-hydrogen) atoms. The van der Waals surface area contributed by atoms with E-state index >= 15 is 0 Å². The summed E-state index contributed by atoms with van der Waals surface area (Å²) < 4.78 is 29.6. The number of nitrogens with one attached hydrogen (secondary N) is 1. The number of carbonyl (C=O) groups excluding carboxylic acids is 2. The molecule has 0 aliphatic rings. The molecule has 0 bridgehead atoms. The van der Waals surface area contributed by atoms with E-state index < -0.39 is 28.5 Å². The summed E-state index contributed by atoms with van der Waals surface area (Å²) in [5.74, 6) is -0.621. The van der Waals surface area contributed by atoms with Gasteiger partial charge in [-0.2, -0.15) is 0 Å². The molecular formula is C37H42ClN3O4S. The maximum atomic E-state index is 14.6. The minimum absolute atomic E-state index is 0.0471. The van der Waals surface area contributed by atoms with E-state index in [-0.39, 0.29) is 29.7 Å². The number of hydrogen-bond acceptors (Lipinski definition) is 4. The van der Waals surface area contributed by atoms with Gasteiger partial charge in [-0.05, 0) is 67.6 Å². The molecule has 0 aliphatic heterocycles. The normalized spacial score (nSPS) is 12.1. The van der Waals surface area contributed by atoms with Gasteiger partial charge in [0.15, 0.2) is 0 Å². The maximum Gasteiger partial charge on any atom is 0.264 e. The Balaban J connectivity index is 1.82. The van der Waals surface area contributed by atoms with Crippen LogP contribution in [0.25, 0.3) is 0 Å². The molecule has 0 aromatic heterocycles. The Hall–Kier alpha value is -4.14. The third kappa shape index (κ3) is 8.98. The van der Waals surface area contributed by atoms with Crippen LogP contribution in [0.1, 0.15) is 41.7 Å². The van der Waals surface area contributed by atoms with Crippen LogP contribution in [0, 0.1) is 26.7 Å². The summed E-state index contributed by atoms with van der Waals surface area (Å²) >= 11 is 6.37. The van der Waals surface area contributed by atoms with Gasteiger partial charge >= 0.3 is 0 Å². The van der Waals surface area contributed by atoms with Crippen molar-refractivity contribution in [3.8, 4) is 0 Å². The minimum atomic E-state index is -4.22.